The van der Waals surface area contributed by atoms with Crippen LogP contribution in [0.1, 0.15) is 49.0 Å². The van der Waals surface area contributed by atoms with Crippen LogP contribution >= 0.6 is 0 Å². The Kier molecular flexibility index (Phi) is 3.86. The third kappa shape index (κ3) is 2.64. The summed E-state index contributed by atoms with van der Waals surface area (Å²) in [5, 5.41) is 10.7. The van der Waals surface area contributed by atoms with Gasteiger partial charge in [0.1, 0.15) is 6.33 Å². The predicted molar refractivity (Wildman–Crippen MR) is 66.3 cm³/mol. The number of Topliss-reactive ketones (excluding diaryl/α,β-unsaturated/α-hetero) is 1. The van der Waals surface area contributed by atoms with E-state index < -0.39 is 0 Å². The van der Waals surface area contributed by atoms with Crippen LogP contribution in [0.2, 0.25) is 0 Å². The van der Waals surface area contributed by atoms with Crippen LogP contribution in [0.5, 0.6) is 0 Å². The molecule has 6 heteroatoms. The van der Waals surface area contributed by atoms with E-state index in [-0.39, 0.29) is 18.0 Å². The Hall–Kier alpha value is -1.98. The van der Waals surface area contributed by atoms with Crippen molar-refractivity contribution in [2.75, 3.05) is 0 Å². The summed E-state index contributed by atoms with van der Waals surface area (Å²) in [6.45, 7) is 4.27. The highest BCUT2D eigenvalue weighted by atomic mass is 16.1. The highest BCUT2D eigenvalue weighted by Gasteiger charge is 2.13. The second-order valence-corrected chi connectivity index (χ2v) is 4.19. The molecule has 6 nitrogen and oxygen atoms in total. The molecule has 0 saturated heterocycles. The molecule has 96 valence electrons. The average molecular weight is 247 g/mol. The van der Waals surface area contributed by atoms with Crippen LogP contribution in [0.3, 0.4) is 0 Å². The fourth-order valence-corrected chi connectivity index (χ4v) is 1.93. The van der Waals surface area contributed by atoms with Crippen molar-refractivity contribution in [2.24, 2.45) is 0 Å². The molecule has 2 aromatic rings. The second kappa shape index (κ2) is 5.57. The summed E-state index contributed by atoms with van der Waals surface area (Å²) in [6.07, 6.45) is 5.58. The monoisotopic (exact) mass is 247 g/mol. The maximum atomic E-state index is 11.8. The fraction of sp³-hybridized carbons (Fsp3) is 0.500. The molecule has 1 N–H and O–H groups in total. The molecule has 2 rings (SSSR count). The van der Waals surface area contributed by atoms with Gasteiger partial charge in [0.25, 0.3) is 0 Å². The first-order valence-electron chi connectivity index (χ1n) is 6.17. The predicted octanol–water partition coefficient (Wildman–Crippen LogP) is 1.79. The lowest BCUT2D eigenvalue weighted by Gasteiger charge is -2.12. The molecule has 0 amide bonds. The Bertz CT molecular complexity index is 498. The van der Waals surface area contributed by atoms with Gasteiger partial charge in [-0.3, -0.25) is 14.6 Å². The Labute approximate surface area is 105 Å². The largest absolute Gasteiger partial charge is 0.290 e. The summed E-state index contributed by atoms with van der Waals surface area (Å²) in [5.41, 5.74) is 0.767. The summed E-state index contributed by atoms with van der Waals surface area (Å²) in [5.74, 6) is 0.189. The number of carbonyl (C=O) groups excluding carboxylic acids is 1. The van der Waals surface area contributed by atoms with Gasteiger partial charge >= 0.3 is 0 Å². The Morgan fingerprint density at radius 2 is 2.22 bits per heavy atom. The molecule has 0 aliphatic carbocycles. The second-order valence-electron chi connectivity index (χ2n) is 4.19. The molecule has 0 aromatic carbocycles. The standard InChI is InChI=1S/C12H17N5O/c1-3-10(4-2)17-6-5-9(16-17)7-11(18)12-13-8-14-15-12/h5-6,8,10H,3-4,7H2,1-2H3,(H,13,14,15). The zero-order valence-corrected chi connectivity index (χ0v) is 10.6. The third-order valence-corrected chi connectivity index (χ3v) is 3.00. The summed E-state index contributed by atoms with van der Waals surface area (Å²) in [4.78, 5) is 15.6. The van der Waals surface area contributed by atoms with Gasteiger partial charge in [-0.1, -0.05) is 13.8 Å². The molecule has 0 radical (unpaired) electrons. The summed E-state index contributed by atoms with van der Waals surface area (Å²) < 4.78 is 1.93. The third-order valence-electron chi connectivity index (χ3n) is 3.00. The van der Waals surface area contributed by atoms with Gasteiger partial charge in [0.05, 0.1) is 18.2 Å². The van der Waals surface area contributed by atoms with Crippen LogP contribution in [-0.4, -0.2) is 30.7 Å². The Morgan fingerprint density at radius 3 is 2.83 bits per heavy atom. The van der Waals surface area contributed by atoms with Gasteiger partial charge < -0.3 is 0 Å². The zero-order valence-electron chi connectivity index (χ0n) is 10.6. The quantitative estimate of drug-likeness (QED) is 0.789. The molecule has 0 spiro atoms. The molecular formula is C12H17N5O. The zero-order chi connectivity index (χ0) is 13.0. The van der Waals surface area contributed by atoms with Crippen LogP contribution < -0.4 is 0 Å². The number of H-pyrrole nitrogens is 1. The minimum absolute atomic E-state index is 0.0951. The molecule has 0 unspecified atom stereocenters. The molecule has 0 bridgehead atoms. The normalized spacial score (nSPS) is 11.1. The Balaban J connectivity index is 2.05. The molecule has 2 heterocycles. The summed E-state index contributed by atoms with van der Waals surface area (Å²) in [7, 11) is 0. The van der Waals surface area contributed by atoms with Crippen LogP contribution in [0, 0.1) is 0 Å². The first-order valence-corrected chi connectivity index (χ1v) is 6.17. The van der Waals surface area contributed by atoms with Crippen LogP contribution in [0.15, 0.2) is 18.6 Å². The number of rotatable bonds is 6. The first kappa shape index (κ1) is 12.5. The van der Waals surface area contributed by atoms with E-state index in [1.165, 1.54) is 6.33 Å². The molecule has 0 fully saturated rings. The molecule has 0 atom stereocenters. The highest BCUT2D eigenvalue weighted by molar-refractivity contribution is 5.93. The van der Waals surface area contributed by atoms with Crippen molar-refractivity contribution in [3.8, 4) is 0 Å². The van der Waals surface area contributed by atoms with Crippen molar-refractivity contribution >= 4 is 5.78 Å². The summed E-state index contributed by atoms with van der Waals surface area (Å²) in [6, 6.07) is 2.28. The number of hydrogen-bond acceptors (Lipinski definition) is 4. The van der Waals surface area contributed by atoms with E-state index in [9.17, 15) is 4.79 Å². The number of hydrogen-bond donors (Lipinski definition) is 1. The minimum atomic E-state index is -0.0951. The molecule has 2 aromatic heterocycles. The number of carbonyl (C=O) groups is 1. The number of aromatic nitrogens is 5. The van der Waals surface area contributed by atoms with Gasteiger partial charge in [0.2, 0.25) is 5.78 Å². The van der Waals surface area contributed by atoms with E-state index in [4.69, 9.17) is 0 Å². The van der Waals surface area contributed by atoms with Gasteiger partial charge in [-0.15, -0.1) is 0 Å². The highest BCUT2D eigenvalue weighted by Crippen LogP contribution is 2.14. The summed E-state index contributed by atoms with van der Waals surface area (Å²) >= 11 is 0. The average Bonchev–Trinajstić information content (AvgIpc) is 3.01. The topological polar surface area (TPSA) is 76.5 Å². The van der Waals surface area contributed by atoms with Gasteiger partial charge in [0, 0.05) is 6.20 Å². The van der Waals surface area contributed by atoms with E-state index in [0.29, 0.717) is 6.04 Å². The molecule has 18 heavy (non-hydrogen) atoms. The lowest BCUT2D eigenvalue weighted by atomic mass is 10.2. The molecule has 0 saturated carbocycles. The van der Waals surface area contributed by atoms with Gasteiger partial charge in [-0.2, -0.15) is 10.2 Å². The van der Waals surface area contributed by atoms with Crippen molar-refractivity contribution in [3.63, 3.8) is 0 Å². The minimum Gasteiger partial charge on any atom is -0.290 e. The SMILES string of the molecule is CCC(CC)n1ccc(CC(=O)c2ncn[nH]2)n1. The van der Waals surface area contributed by atoms with E-state index in [2.05, 4.69) is 34.1 Å². The molecular weight excluding hydrogens is 230 g/mol. The van der Waals surface area contributed by atoms with Crippen molar-refractivity contribution in [3.05, 3.63) is 30.1 Å². The van der Waals surface area contributed by atoms with E-state index in [0.717, 1.165) is 18.5 Å². The lowest BCUT2D eigenvalue weighted by Crippen LogP contribution is -2.10. The van der Waals surface area contributed by atoms with Crippen LogP contribution in [0.4, 0.5) is 0 Å². The van der Waals surface area contributed by atoms with Gasteiger partial charge in [-0.25, -0.2) is 4.98 Å². The van der Waals surface area contributed by atoms with Crippen LogP contribution in [-0.2, 0) is 6.42 Å². The lowest BCUT2D eigenvalue weighted by molar-refractivity contribution is 0.0982. The first-order chi connectivity index (χ1) is 8.74. The van der Waals surface area contributed by atoms with Crippen molar-refractivity contribution in [1.29, 1.82) is 0 Å². The number of nitrogens with zero attached hydrogens (tertiary/aromatic N) is 4. The maximum Gasteiger partial charge on any atom is 0.205 e. The van der Waals surface area contributed by atoms with Crippen molar-refractivity contribution < 1.29 is 4.79 Å². The smallest absolute Gasteiger partial charge is 0.205 e. The Morgan fingerprint density at radius 1 is 1.44 bits per heavy atom. The number of ketones is 1. The number of aromatic amines is 1. The van der Waals surface area contributed by atoms with Crippen molar-refractivity contribution in [1.82, 2.24) is 25.0 Å². The van der Waals surface area contributed by atoms with Crippen LogP contribution in [0.25, 0.3) is 0 Å². The molecule has 0 aliphatic rings. The van der Waals surface area contributed by atoms with Gasteiger partial charge in [-0.05, 0) is 18.9 Å². The maximum absolute atomic E-state index is 11.8. The van der Waals surface area contributed by atoms with E-state index >= 15 is 0 Å². The van der Waals surface area contributed by atoms with E-state index in [1.807, 2.05) is 16.9 Å². The fourth-order valence-electron chi connectivity index (χ4n) is 1.93. The molecule has 0 aliphatic heterocycles. The number of nitrogens with one attached hydrogen (secondary N) is 1. The van der Waals surface area contributed by atoms with Gasteiger partial charge in [0.15, 0.2) is 5.82 Å². The van der Waals surface area contributed by atoms with E-state index in [1.54, 1.807) is 0 Å². The van der Waals surface area contributed by atoms with Crippen molar-refractivity contribution in [2.45, 2.75) is 39.2 Å².